The Balaban J connectivity index is 2.81. The molecule has 21 heavy (non-hydrogen) atoms. The van der Waals surface area contributed by atoms with Crippen molar-refractivity contribution in [3.8, 4) is 5.69 Å². The van der Waals surface area contributed by atoms with E-state index in [1.165, 1.54) is 10.6 Å². The lowest BCUT2D eigenvalue weighted by Gasteiger charge is -2.23. The minimum absolute atomic E-state index is 0.0295. The van der Waals surface area contributed by atoms with Crippen molar-refractivity contribution in [2.75, 3.05) is 0 Å². The van der Waals surface area contributed by atoms with E-state index >= 15 is 0 Å². The Hall–Kier alpha value is -1.08. The maximum atomic E-state index is 13.3. The van der Waals surface area contributed by atoms with Crippen molar-refractivity contribution in [1.82, 2.24) is 9.55 Å². The van der Waals surface area contributed by atoms with Crippen LogP contribution in [0.4, 0.5) is 13.2 Å². The number of halogens is 4. The average Bonchev–Trinajstić information content (AvgIpc) is 2.70. The molecule has 1 aromatic carbocycles. The second-order valence-corrected chi connectivity index (χ2v) is 7.03. The summed E-state index contributed by atoms with van der Waals surface area (Å²) in [6, 6.07) is 4.06. The number of H-pyrrole nitrogens is 1. The van der Waals surface area contributed by atoms with Gasteiger partial charge in [-0.2, -0.15) is 13.2 Å². The van der Waals surface area contributed by atoms with Gasteiger partial charge in [-0.05, 0) is 30.4 Å². The third-order valence-electron chi connectivity index (χ3n) is 3.05. The normalized spacial score (nSPS) is 12.7. The Morgan fingerprint density at radius 2 is 1.81 bits per heavy atom. The number of imidazole rings is 1. The molecule has 0 amide bonds. The smallest absolute Gasteiger partial charge is 0.337 e. The first-order valence-corrected chi connectivity index (χ1v) is 7.40. The van der Waals surface area contributed by atoms with E-state index in [2.05, 4.69) is 20.9 Å². The summed E-state index contributed by atoms with van der Waals surface area (Å²) in [6.45, 7) is 5.77. The van der Waals surface area contributed by atoms with E-state index in [4.69, 9.17) is 12.2 Å². The molecule has 0 aliphatic heterocycles. The van der Waals surface area contributed by atoms with Gasteiger partial charge in [0.2, 0.25) is 0 Å². The van der Waals surface area contributed by atoms with Crippen molar-refractivity contribution in [2.45, 2.75) is 32.4 Å². The SMILES string of the molecule is CC(C)(C)c1c[nH]c(=S)n1-c1ccc(Br)cc1C(F)(F)F. The number of aromatic nitrogens is 2. The van der Waals surface area contributed by atoms with Gasteiger partial charge in [-0.25, -0.2) is 0 Å². The molecule has 0 fully saturated rings. The topological polar surface area (TPSA) is 20.7 Å². The van der Waals surface area contributed by atoms with Gasteiger partial charge in [0.1, 0.15) is 0 Å². The zero-order valence-corrected chi connectivity index (χ0v) is 14.1. The Morgan fingerprint density at radius 3 is 2.33 bits per heavy atom. The molecule has 1 heterocycles. The number of nitrogens with zero attached hydrogens (tertiary/aromatic N) is 1. The number of nitrogens with one attached hydrogen (secondary N) is 1. The molecule has 1 N–H and O–H groups in total. The van der Waals surface area contributed by atoms with Crippen LogP contribution >= 0.6 is 28.1 Å². The summed E-state index contributed by atoms with van der Waals surface area (Å²) in [5, 5.41) is 0. The highest BCUT2D eigenvalue weighted by Gasteiger charge is 2.35. The number of hydrogen-bond acceptors (Lipinski definition) is 1. The molecule has 1 aromatic heterocycles. The quantitative estimate of drug-likeness (QED) is 0.639. The fourth-order valence-electron chi connectivity index (χ4n) is 2.09. The maximum absolute atomic E-state index is 13.3. The molecule has 0 saturated heterocycles. The summed E-state index contributed by atoms with van der Waals surface area (Å²) < 4.78 is 42.0. The van der Waals surface area contributed by atoms with Gasteiger partial charge in [0.15, 0.2) is 4.77 Å². The Bertz CT molecular complexity index is 723. The van der Waals surface area contributed by atoms with Gasteiger partial charge in [-0.3, -0.25) is 4.57 Å². The van der Waals surface area contributed by atoms with E-state index < -0.39 is 11.7 Å². The Morgan fingerprint density at radius 1 is 1.19 bits per heavy atom. The summed E-state index contributed by atoms with van der Waals surface area (Å²) in [5.74, 6) is 0. The summed E-state index contributed by atoms with van der Waals surface area (Å²) in [7, 11) is 0. The summed E-state index contributed by atoms with van der Waals surface area (Å²) in [5.41, 5.74) is -0.343. The van der Waals surface area contributed by atoms with Gasteiger partial charge in [0.05, 0.1) is 11.3 Å². The second-order valence-electron chi connectivity index (χ2n) is 5.72. The number of aromatic amines is 1. The summed E-state index contributed by atoms with van der Waals surface area (Å²) >= 11 is 8.25. The largest absolute Gasteiger partial charge is 0.418 e. The molecule has 114 valence electrons. The molecule has 0 aliphatic rings. The molecule has 2 aromatic rings. The maximum Gasteiger partial charge on any atom is 0.418 e. The van der Waals surface area contributed by atoms with Crippen LogP contribution in [0.25, 0.3) is 5.69 Å². The van der Waals surface area contributed by atoms with Crippen LogP contribution in [-0.4, -0.2) is 9.55 Å². The molecule has 0 atom stereocenters. The molecular formula is C14H14BrF3N2S. The van der Waals surface area contributed by atoms with Crippen molar-refractivity contribution in [3.63, 3.8) is 0 Å². The highest BCUT2D eigenvalue weighted by molar-refractivity contribution is 9.10. The molecule has 0 aliphatic carbocycles. The number of rotatable bonds is 1. The fourth-order valence-corrected chi connectivity index (χ4v) is 2.71. The van der Waals surface area contributed by atoms with Crippen molar-refractivity contribution in [2.24, 2.45) is 0 Å². The molecule has 0 radical (unpaired) electrons. The van der Waals surface area contributed by atoms with Gasteiger partial charge in [0.25, 0.3) is 0 Å². The van der Waals surface area contributed by atoms with E-state index in [-0.39, 0.29) is 15.9 Å². The number of alkyl halides is 3. The minimum Gasteiger partial charge on any atom is -0.337 e. The predicted molar refractivity (Wildman–Crippen MR) is 82.4 cm³/mol. The van der Waals surface area contributed by atoms with Crippen molar-refractivity contribution in [1.29, 1.82) is 0 Å². The van der Waals surface area contributed by atoms with Crippen LogP contribution in [0.2, 0.25) is 0 Å². The Labute approximate surface area is 134 Å². The first kappa shape index (κ1) is 16.3. The van der Waals surface area contributed by atoms with E-state index in [0.29, 0.717) is 10.2 Å². The van der Waals surface area contributed by atoms with Gasteiger partial charge in [-0.15, -0.1) is 0 Å². The third-order valence-corrected chi connectivity index (χ3v) is 3.84. The third kappa shape index (κ3) is 3.23. The number of benzene rings is 1. The highest BCUT2D eigenvalue weighted by Crippen LogP contribution is 2.37. The average molecular weight is 379 g/mol. The van der Waals surface area contributed by atoms with Crippen molar-refractivity contribution < 1.29 is 13.2 Å². The van der Waals surface area contributed by atoms with E-state index in [9.17, 15) is 13.2 Å². The molecule has 2 rings (SSSR count). The molecule has 0 saturated carbocycles. The van der Waals surface area contributed by atoms with E-state index in [0.717, 1.165) is 6.07 Å². The van der Waals surface area contributed by atoms with Crippen molar-refractivity contribution >= 4 is 28.1 Å². The first-order chi connectivity index (χ1) is 9.51. The van der Waals surface area contributed by atoms with Crippen LogP contribution in [0, 0.1) is 4.77 Å². The lowest BCUT2D eigenvalue weighted by Crippen LogP contribution is -2.19. The molecule has 0 unspecified atom stereocenters. The second kappa shape index (κ2) is 5.28. The minimum atomic E-state index is -4.46. The molecule has 7 heteroatoms. The standard InChI is InChI=1S/C14H14BrF3N2S/c1-13(2,3)11-7-19-12(21)20(11)10-5-4-8(15)6-9(10)14(16,17)18/h4-7H,1-3H3,(H,19,21). The van der Waals surface area contributed by atoms with Crippen molar-refractivity contribution in [3.05, 3.63) is 44.9 Å². The Kier molecular flexibility index (Phi) is 4.10. The zero-order chi connectivity index (χ0) is 16.0. The predicted octanol–water partition coefficient (Wildman–Crippen LogP) is 5.61. The van der Waals surface area contributed by atoms with Crippen LogP contribution in [0.1, 0.15) is 32.0 Å². The van der Waals surface area contributed by atoms with Crippen LogP contribution < -0.4 is 0 Å². The summed E-state index contributed by atoms with van der Waals surface area (Å²) in [6.07, 6.45) is -2.80. The summed E-state index contributed by atoms with van der Waals surface area (Å²) in [4.78, 5) is 2.83. The number of hydrogen-bond donors (Lipinski definition) is 1. The lowest BCUT2D eigenvalue weighted by atomic mass is 9.92. The molecule has 0 bridgehead atoms. The lowest BCUT2D eigenvalue weighted by molar-refractivity contribution is -0.137. The highest BCUT2D eigenvalue weighted by atomic mass is 79.9. The van der Waals surface area contributed by atoms with Gasteiger partial charge < -0.3 is 4.98 Å². The van der Waals surface area contributed by atoms with Crippen LogP contribution in [-0.2, 0) is 11.6 Å². The zero-order valence-electron chi connectivity index (χ0n) is 11.7. The van der Waals surface area contributed by atoms with Crippen LogP contribution in [0.15, 0.2) is 28.9 Å². The van der Waals surface area contributed by atoms with E-state index in [1.807, 2.05) is 20.8 Å². The van der Waals surface area contributed by atoms with Crippen LogP contribution in [0.3, 0.4) is 0 Å². The van der Waals surface area contributed by atoms with Crippen LogP contribution in [0.5, 0.6) is 0 Å². The molecule has 0 spiro atoms. The van der Waals surface area contributed by atoms with Gasteiger partial charge >= 0.3 is 6.18 Å². The molecule has 2 nitrogen and oxygen atoms in total. The first-order valence-electron chi connectivity index (χ1n) is 6.20. The molecular weight excluding hydrogens is 365 g/mol. The van der Waals surface area contributed by atoms with Gasteiger partial charge in [-0.1, -0.05) is 36.7 Å². The monoisotopic (exact) mass is 378 g/mol. The fraction of sp³-hybridized carbons (Fsp3) is 0.357. The van der Waals surface area contributed by atoms with E-state index in [1.54, 1.807) is 12.3 Å². The van der Waals surface area contributed by atoms with Gasteiger partial charge in [0, 0.05) is 21.8 Å².